The number of rotatable bonds is 15. The number of nitrogen functional groups attached to an aromatic ring is 1. The number of amides is 3. The quantitative estimate of drug-likeness (QED) is 0.0621. The van der Waals surface area contributed by atoms with Crippen LogP contribution in [0.4, 0.5) is 13.2 Å². The first-order chi connectivity index (χ1) is 20.5. The fraction of sp³-hybridized carbons (Fsp3) is 0.357. The molecule has 0 aliphatic heterocycles. The van der Waals surface area contributed by atoms with Crippen LogP contribution >= 0.6 is 0 Å². The molecule has 0 saturated heterocycles. The summed E-state index contributed by atoms with van der Waals surface area (Å²) in [5, 5.41) is 12.2. The second kappa shape index (κ2) is 15.4. The standard InChI is InChI=1S/C28H35F3N8O5/c1-27(18-6-3-2-4-7-18,14-16-9-11-17(12-10-16)21(32)33)24(42)39-20(15-44-25(43)28(29,30)31)23(41)38-19(22(34)40)8-5-13-37-26(35)36/h2-4,6-7,9-12,19-20H,5,8,13-15H2,1H3,(H3,32,33)(H2,34,40)(H,38,41)(H,39,42)(H4,35,36,37)/t19-,20-,27-/m0/s1. The number of halogens is 3. The molecule has 2 aromatic carbocycles. The number of hydrogen-bond acceptors (Lipinski definition) is 7. The van der Waals surface area contributed by atoms with Crippen LogP contribution in [0.5, 0.6) is 0 Å². The molecular weight excluding hydrogens is 585 g/mol. The van der Waals surface area contributed by atoms with Crippen molar-refractivity contribution in [2.45, 2.75) is 49.9 Å². The van der Waals surface area contributed by atoms with Crippen LogP contribution in [0.1, 0.15) is 36.5 Å². The van der Waals surface area contributed by atoms with Crippen molar-refractivity contribution < 1.29 is 37.1 Å². The number of benzene rings is 2. The third kappa shape index (κ3) is 10.3. The number of hydrogen-bond donors (Lipinski definition) is 7. The van der Waals surface area contributed by atoms with Crippen LogP contribution in [-0.4, -0.2) is 66.9 Å². The average Bonchev–Trinajstić information content (AvgIpc) is 2.96. The van der Waals surface area contributed by atoms with Gasteiger partial charge in [-0.3, -0.25) is 24.8 Å². The maximum absolute atomic E-state index is 13.9. The second-order valence-corrected chi connectivity index (χ2v) is 10.0. The van der Waals surface area contributed by atoms with Crippen LogP contribution in [0.15, 0.2) is 59.6 Å². The molecule has 11 N–H and O–H groups in total. The van der Waals surface area contributed by atoms with Crippen molar-refractivity contribution in [3.8, 4) is 0 Å². The number of amidine groups is 1. The molecular formula is C28H35F3N8O5. The maximum atomic E-state index is 13.9. The zero-order chi connectivity index (χ0) is 33.1. The molecule has 0 aliphatic rings. The molecule has 44 heavy (non-hydrogen) atoms. The van der Waals surface area contributed by atoms with Crippen molar-refractivity contribution in [2.75, 3.05) is 13.2 Å². The predicted octanol–water partition coefficient (Wildman–Crippen LogP) is 0.0851. The van der Waals surface area contributed by atoms with Gasteiger partial charge >= 0.3 is 12.1 Å². The largest absolute Gasteiger partial charge is 0.490 e. The fourth-order valence-corrected chi connectivity index (χ4v) is 4.13. The molecule has 0 spiro atoms. The summed E-state index contributed by atoms with van der Waals surface area (Å²) in [7, 11) is 0. The smallest absolute Gasteiger partial charge is 0.456 e. The lowest BCUT2D eigenvalue weighted by Crippen LogP contribution is -2.57. The minimum Gasteiger partial charge on any atom is -0.456 e. The molecule has 0 radical (unpaired) electrons. The molecule has 2 rings (SSSR count). The van der Waals surface area contributed by atoms with Gasteiger partial charge in [0.1, 0.15) is 24.5 Å². The van der Waals surface area contributed by atoms with Gasteiger partial charge in [0.2, 0.25) is 17.7 Å². The summed E-state index contributed by atoms with van der Waals surface area (Å²) in [6.45, 7) is 0.449. The van der Waals surface area contributed by atoms with Gasteiger partial charge in [-0.2, -0.15) is 13.2 Å². The molecule has 238 valence electrons. The van der Waals surface area contributed by atoms with Crippen LogP contribution < -0.4 is 33.6 Å². The van der Waals surface area contributed by atoms with E-state index in [4.69, 9.17) is 28.3 Å². The summed E-state index contributed by atoms with van der Waals surface area (Å²) in [6, 6.07) is 11.7. The summed E-state index contributed by atoms with van der Waals surface area (Å²) in [4.78, 5) is 54.3. The van der Waals surface area contributed by atoms with E-state index in [0.717, 1.165) is 0 Å². The van der Waals surface area contributed by atoms with Crippen molar-refractivity contribution in [3.63, 3.8) is 0 Å². The van der Waals surface area contributed by atoms with Crippen LogP contribution in [0.3, 0.4) is 0 Å². The highest BCUT2D eigenvalue weighted by Gasteiger charge is 2.43. The molecule has 0 aromatic heterocycles. The number of primary amides is 1. The summed E-state index contributed by atoms with van der Waals surface area (Å²) >= 11 is 0. The van der Waals surface area contributed by atoms with E-state index < -0.39 is 54.0 Å². The normalized spacial score (nSPS) is 13.8. The molecule has 0 heterocycles. The number of alkyl halides is 3. The lowest BCUT2D eigenvalue weighted by molar-refractivity contribution is -0.200. The van der Waals surface area contributed by atoms with Gasteiger partial charge in [0.15, 0.2) is 5.96 Å². The Bertz CT molecular complexity index is 1370. The van der Waals surface area contributed by atoms with Crippen molar-refractivity contribution >= 4 is 35.5 Å². The number of esters is 1. The van der Waals surface area contributed by atoms with Crippen molar-refractivity contribution in [2.24, 2.45) is 27.9 Å². The van der Waals surface area contributed by atoms with Gasteiger partial charge in [0.25, 0.3) is 0 Å². The Morgan fingerprint density at radius 3 is 2.07 bits per heavy atom. The molecule has 13 nitrogen and oxygen atoms in total. The van der Waals surface area contributed by atoms with E-state index in [0.29, 0.717) is 16.7 Å². The van der Waals surface area contributed by atoms with Crippen molar-refractivity contribution in [1.29, 1.82) is 5.41 Å². The van der Waals surface area contributed by atoms with Gasteiger partial charge < -0.3 is 38.3 Å². The van der Waals surface area contributed by atoms with Gasteiger partial charge in [-0.15, -0.1) is 0 Å². The highest BCUT2D eigenvalue weighted by atomic mass is 19.4. The summed E-state index contributed by atoms with van der Waals surface area (Å²) in [5.41, 5.74) is 21.6. The Morgan fingerprint density at radius 1 is 0.932 bits per heavy atom. The third-order valence-corrected chi connectivity index (χ3v) is 6.57. The molecule has 3 amide bonds. The van der Waals surface area contributed by atoms with Crippen LogP contribution in [0, 0.1) is 5.41 Å². The van der Waals surface area contributed by atoms with Gasteiger partial charge in [-0.1, -0.05) is 54.6 Å². The van der Waals surface area contributed by atoms with Crippen LogP contribution in [0.2, 0.25) is 0 Å². The highest BCUT2D eigenvalue weighted by Crippen LogP contribution is 2.29. The summed E-state index contributed by atoms with van der Waals surface area (Å²) in [6.07, 6.45) is -5.16. The lowest BCUT2D eigenvalue weighted by Gasteiger charge is -2.31. The van der Waals surface area contributed by atoms with E-state index >= 15 is 0 Å². The topological polar surface area (TPSA) is 242 Å². The molecule has 3 atom stereocenters. The number of nitrogens with one attached hydrogen (secondary N) is 3. The van der Waals surface area contributed by atoms with Gasteiger partial charge in [0, 0.05) is 12.1 Å². The van der Waals surface area contributed by atoms with E-state index in [-0.39, 0.29) is 37.6 Å². The Morgan fingerprint density at radius 2 is 1.55 bits per heavy atom. The number of ether oxygens (including phenoxy) is 1. The lowest BCUT2D eigenvalue weighted by atomic mass is 9.76. The zero-order valence-electron chi connectivity index (χ0n) is 23.8. The molecule has 0 saturated carbocycles. The highest BCUT2D eigenvalue weighted by molar-refractivity contribution is 5.96. The zero-order valence-corrected chi connectivity index (χ0v) is 23.8. The summed E-state index contributed by atoms with van der Waals surface area (Å²) in [5.74, 6) is -5.83. The average molecular weight is 621 g/mol. The number of nitrogens with zero attached hydrogens (tertiary/aromatic N) is 1. The molecule has 0 unspecified atom stereocenters. The monoisotopic (exact) mass is 620 g/mol. The number of aliphatic imine (C=N–C) groups is 1. The Labute approximate surface area is 251 Å². The van der Waals surface area contributed by atoms with E-state index in [9.17, 15) is 32.3 Å². The van der Waals surface area contributed by atoms with Crippen LogP contribution in [0.25, 0.3) is 0 Å². The first-order valence-corrected chi connectivity index (χ1v) is 13.2. The van der Waals surface area contributed by atoms with Crippen LogP contribution in [-0.2, 0) is 35.8 Å². The van der Waals surface area contributed by atoms with Gasteiger partial charge in [-0.05, 0) is 37.3 Å². The predicted molar refractivity (Wildman–Crippen MR) is 155 cm³/mol. The summed E-state index contributed by atoms with van der Waals surface area (Å²) < 4.78 is 42.9. The second-order valence-electron chi connectivity index (χ2n) is 10.0. The van der Waals surface area contributed by atoms with Crippen molar-refractivity contribution in [1.82, 2.24) is 10.6 Å². The first kappa shape index (κ1) is 35.0. The van der Waals surface area contributed by atoms with E-state index in [2.05, 4.69) is 20.4 Å². The minimum absolute atomic E-state index is 0.0428. The fourth-order valence-electron chi connectivity index (χ4n) is 4.13. The molecule has 0 bridgehead atoms. The Kier molecular flexibility index (Phi) is 12.2. The Balaban J connectivity index is 2.38. The van der Waals surface area contributed by atoms with E-state index in [1.807, 2.05) is 0 Å². The SMILES string of the molecule is C[C@@](Cc1ccc(C(=N)N)cc1)(C(=O)N[C@@H](COC(=O)C(F)(F)F)C(=O)N[C@@H](CCCN=C(N)N)C(N)=O)c1ccccc1. The molecule has 16 heteroatoms. The molecule has 2 aromatic rings. The third-order valence-electron chi connectivity index (χ3n) is 6.57. The van der Waals surface area contributed by atoms with Gasteiger partial charge in [0.05, 0.1) is 5.41 Å². The van der Waals surface area contributed by atoms with E-state index in [1.54, 1.807) is 61.5 Å². The number of carbonyl (C=O) groups excluding carboxylic acids is 4. The maximum Gasteiger partial charge on any atom is 0.490 e. The molecule has 0 fully saturated rings. The molecule has 0 aliphatic carbocycles. The minimum atomic E-state index is -5.36. The number of guanidine groups is 1. The van der Waals surface area contributed by atoms with E-state index in [1.165, 1.54) is 0 Å². The number of nitrogens with two attached hydrogens (primary N) is 4. The Hall–Kier alpha value is -5.15. The first-order valence-electron chi connectivity index (χ1n) is 13.2. The van der Waals surface area contributed by atoms with Crippen molar-refractivity contribution in [3.05, 3.63) is 71.3 Å². The van der Waals surface area contributed by atoms with Gasteiger partial charge in [-0.25, -0.2) is 4.79 Å². The number of carbonyl (C=O) groups is 4.